The van der Waals surface area contributed by atoms with Gasteiger partial charge in [0.05, 0.1) is 56.6 Å². The van der Waals surface area contributed by atoms with Crippen LogP contribution in [0.4, 0.5) is 4.79 Å². The van der Waals surface area contributed by atoms with Crippen LogP contribution in [0.1, 0.15) is 51.2 Å². The second kappa shape index (κ2) is 17.3. The van der Waals surface area contributed by atoms with Gasteiger partial charge in [0.2, 0.25) is 10.0 Å². The Balaban J connectivity index is 1.54. The molecule has 6 atom stereocenters. The number of alkyl carbamates (subject to hydrolysis) is 1. The number of nitrogens with zero attached hydrogens (tertiary/aromatic N) is 2. The van der Waals surface area contributed by atoms with E-state index in [1.165, 1.54) is 32.4 Å². The van der Waals surface area contributed by atoms with Crippen LogP contribution in [-0.2, 0) is 41.8 Å². The van der Waals surface area contributed by atoms with E-state index in [9.17, 15) is 23.2 Å². The summed E-state index contributed by atoms with van der Waals surface area (Å²) in [6.45, 7) is 6.70. The minimum Gasteiger partial charge on any atom is -0.496 e. The molecule has 17 heteroatoms. The van der Waals surface area contributed by atoms with Gasteiger partial charge in [0.15, 0.2) is 11.4 Å². The minimum atomic E-state index is -4.23. The fourth-order valence-electron chi connectivity index (χ4n) is 5.82. The van der Waals surface area contributed by atoms with E-state index in [1.807, 2.05) is 51.1 Å². The zero-order chi connectivity index (χ0) is 36.5. The normalized spacial score (nSPS) is 21.1. The number of hydrazone groups is 1. The summed E-state index contributed by atoms with van der Waals surface area (Å²) in [5.74, 6) is 0.266. The third-order valence-corrected chi connectivity index (χ3v) is 9.92. The quantitative estimate of drug-likeness (QED) is 0.0779. The van der Waals surface area contributed by atoms with Crippen LogP contribution in [0.3, 0.4) is 0 Å². The van der Waals surface area contributed by atoms with Crippen molar-refractivity contribution in [2.24, 2.45) is 16.4 Å². The van der Waals surface area contributed by atoms with Gasteiger partial charge in [-0.15, -0.1) is 0 Å². The molecule has 0 spiro atoms. The van der Waals surface area contributed by atoms with Crippen LogP contribution in [0.5, 0.6) is 5.75 Å². The second-order valence-electron chi connectivity index (χ2n) is 13.4. The van der Waals surface area contributed by atoms with Gasteiger partial charge in [-0.05, 0) is 60.4 Å². The highest BCUT2D eigenvalue weighted by Crippen LogP contribution is 2.33. The number of aliphatic hydroxyl groups excluding tert-OH is 1. The third-order valence-electron chi connectivity index (χ3n) is 8.45. The number of methoxy groups -OCH3 is 2. The Kier molecular flexibility index (Phi) is 13.4. The lowest BCUT2D eigenvalue weighted by atomic mass is 9.90. The van der Waals surface area contributed by atoms with Crippen LogP contribution in [0.25, 0.3) is 0 Å². The van der Waals surface area contributed by atoms with Crippen molar-refractivity contribution in [3.8, 4) is 5.75 Å². The van der Waals surface area contributed by atoms with E-state index >= 15 is 0 Å². The Labute approximate surface area is 292 Å². The van der Waals surface area contributed by atoms with Gasteiger partial charge in [-0.3, -0.25) is 0 Å². The SMILES string of the molecule is CO/C(=N\[N+](=O)O)NC(CCC(C)(C)C)NS(=O)(=O)c1ccc(OC)c(C[C@@H](O)[C@H](Cc2ccccc2)NC(=O)O[C@@H]2CO[C@@H]3OCC[C@@H]32)c1. The fourth-order valence-corrected chi connectivity index (χ4v) is 7.05. The lowest BCUT2D eigenvalue weighted by molar-refractivity contribution is -0.797. The van der Waals surface area contributed by atoms with Gasteiger partial charge in [-0.25, -0.2) is 18.4 Å². The number of rotatable bonds is 15. The predicted octanol–water partition coefficient (Wildman–Crippen LogP) is 2.80. The molecule has 2 aliphatic rings. The molecule has 0 saturated carbocycles. The molecule has 276 valence electrons. The second-order valence-corrected chi connectivity index (χ2v) is 15.1. The van der Waals surface area contributed by atoms with Crippen molar-refractivity contribution in [2.45, 2.75) is 88.5 Å². The minimum absolute atomic E-state index is 0.0616. The van der Waals surface area contributed by atoms with Crippen molar-refractivity contribution in [3.63, 3.8) is 0 Å². The number of amides is 1. The number of hydrogen-bond acceptors (Lipinski definition) is 10. The van der Waals surface area contributed by atoms with Crippen molar-refractivity contribution in [1.82, 2.24) is 15.4 Å². The summed E-state index contributed by atoms with van der Waals surface area (Å²) in [4.78, 5) is 24.1. The molecule has 0 aliphatic carbocycles. The van der Waals surface area contributed by atoms with Gasteiger partial charge >= 0.3 is 17.1 Å². The zero-order valence-electron chi connectivity index (χ0n) is 28.9. The van der Waals surface area contributed by atoms with Gasteiger partial charge in [0, 0.05) is 6.42 Å². The molecule has 1 amide bonds. The first-order valence-corrected chi connectivity index (χ1v) is 17.8. The number of hydrogen-bond donors (Lipinski definition) is 5. The average molecular weight is 723 g/mol. The Morgan fingerprint density at radius 1 is 1.10 bits per heavy atom. The number of benzene rings is 2. The molecule has 2 fully saturated rings. The molecule has 0 radical (unpaired) electrons. The summed E-state index contributed by atoms with van der Waals surface area (Å²) in [6, 6.07) is 12.3. The van der Waals surface area contributed by atoms with E-state index in [0.717, 1.165) is 5.56 Å². The van der Waals surface area contributed by atoms with Gasteiger partial charge in [-0.1, -0.05) is 51.1 Å². The van der Waals surface area contributed by atoms with Crippen LogP contribution in [-0.4, -0.2) is 94.0 Å². The maximum absolute atomic E-state index is 13.7. The molecule has 2 aromatic rings. The first-order valence-electron chi connectivity index (χ1n) is 16.3. The number of sulfonamides is 1. The molecular formula is C33H48N5O11S+. The fraction of sp³-hybridized carbons (Fsp3) is 0.576. The number of ether oxygens (including phenoxy) is 5. The number of carbonyl (C=O) groups excluding carboxylic acids is 1. The number of amidine groups is 1. The third kappa shape index (κ3) is 11.2. The van der Waals surface area contributed by atoms with E-state index in [0.29, 0.717) is 30.8 Å². The molecule has 1 unspecified atom stereocenters. The predicted molar refractivity (Wildman–Crippen MR) is 180 cm³/mol. The number of aliphatic hydroxyl groups is 1. The summed E-state index contributed by atoms with van der Waals surface area (Å²) in [5, 5.41) is 28.6. The first-order chi connectivity index (χ1) is 23.7. The molecule has 0 bridgehead atoms. The lowest BCUT2D eigenvalue weighted by Gasteiger charge is -2.26. The largest absolute Gasteiger partial charge is 0.496 e. The van der Waals surface area contributed by atoms with E-state index in [-0.39, 0.29) is 42.1 Å². The van der Waals surface area contributed by atoms with Gasteiger partial charge < -0.3 is 39.4 Å². The van der Waals surface area contributed by atoms with Gasteiger partial charge in [-0.2, -0.15) is 4.72 Å². The zero-order valence-corrected chi connectivity index (χ0v) is 29.7. The maximum Gasteiger partial charge on any atom is 0.407 e. The van der Waals surface area contributed by atoms with E-state index in [2.05, 4.69) is 20.5 Å². The summed E-state index contributed by atoms with van der Waals surface area (Å²) in [7, 11) is -1.60. The molecule has 2 aliphatic heterocycles. The van der Waals surface area contributed by atoms with E-state index < -0.39 is 57.9 Å². The van der Waals surface area contributed by atoms with Gasteiger partial charge in [0.1, 0.15) is 16.8 Å². The molecule has 2 heterocycles. The Bertz CT molecular complexity index is 1590. The number of carbonyl (C=O) groups is 1. The highest BCUT2D eigenvalue weighted by Gasteiger charge is 2.44. The monoisotopic (exact) mass is 722 g/mol. The summed E-state index contributed by atoms with van der Waals surface area (Å²) < 4.78 is 57.3. The topological polar surface area (TPSA) is 206 Å². The van der Waals surface area contributed by atoms with Crippen LogP contribution < -0.4 is 20.1 Å². The summed E-state index contributed by atoms with van der Waals surface area (Å²) >= 11 is 0. The molecule has 16 nitrogen and oxygen atoms in total. The van der Waals surface area contributed by atoms with Crippen molar-refractivity contribution in [3.05, 3.63) is 64.6 Å². The molecule has 2 saturated heterocycles. The van der Waals surface area contributed by atoms with Crippen molar-refractivity contribution in [2.75, 3.05) is 27.4 Å². The highest BCUT2D eigenvalue weighted by molar-refractivity contribution is 7.89. The Hall–Kier alpha value is -4.03. The molecule has 0 aromatic heterocycles. The lowest BCUT2D eigenvalue weighted by Crippen LogP contribution is -2.49. The first kappa shape index (κ1) is 38.8. The smallest absolute Gasteiger partial charge is 0.407 e. The van der Waals surface area contributed by atoms with Gasteiger partial charge in [0.25, 0.3) is 0 Å². The number of fused-ring (bicyclic) bond motifs is 1. The maximum atomic E-state index is 13.7. The summed E-state index contributed by atoms with van der Waals surface area (Å²) in [6.07, 6.45) is -2.07. The molecule has 50 heavy (non-hydrogen) atoms. The molecule has 5 N–H and O–H groups in total. The van der Waals surface area contributed by atoms with Crippen LogP contribution in [0, 0.1) is 16.2 Å². The Morgan fingerprint density at radius 2 is 1.84 bits per heavy atom. The van der Waals surface area contributed by atoms with Crippen molar-refractivity contribution < 1.29 is 52.2 Å². The Morgan fingerprint density at radius 3 is 2.50 bits per heavy atom. The number of nitrogens with one attached hydrogen (secondary N) is 3. The van der Waals surface area contributed by atoms with E-state index in [4.69, 9.17) is 28.9 Å². The molecule has 2 aromatic carbocycles. The molecule has 4 rings (SSSR count). The summed E-state index contributed by atoms with van der Waals surface area (Å²) in [5.41, 5.74) is 1.05. The molecular weight excluding hydrogens is 674 g/mol. The van der Waals surface area contributed by atoms with Crippen LogP contribution in [0.2, 0.25) is 0 Å². The van der Waals surface area contributed by atoms with Crippen LogP contribution >= 0.6 is 0 Å². The standard InChI is InChI=1S/C33H47N5O11S/c1-33(2,3)15-13-29(35-31(46-5)36-38(41)42)37-50(43,44)23-11-12-27(45-4)22(18-23)19-26(39)25(17-21-9-7-6-8-10-21)34-32(40)49-28-20-48-30-24(28)14-16-47-30/h6-12,18,24-26,28-30,37,39H,13-17,19-20H2,1-5H3,(H2-,34,35,36,40,41,42)/p+1/t24-,25+,26-,28-,29?,30+/m1/s1. The highest BCUT2D eigenvalue weighted by atomic mass is 32.2. The van der Waals surface area contributed by atoms with Crippen molar-refractivity contribution >= 4 is 22.1 Å². The van der Waals surface area contributed by atoms with Crippen molar-refractivity contribution in [1.29, 1.82) is 0 Å². The average Bonchev–Trinajstić information content (AvgIpc) is 3.68. The van der Waals surface area contributed by atoms with Crippen LogP contribution in [0.15, 0.2) is 58.5 Å². The van der Waals surface area contributed by atoms with E-state index in [1.54, 1.807) is 0 Å².